The summed E-state index contributed by atoms with van der Waals surface area (Å²) < 4.78 is 13.7. The SMILES string of the molecule is COc1ccc(OC)c(N2C(=O)C(Cl)=C(Nc3ccc(C(=O)Nc4c(C)n(C)n(-c5ccccc5)c4=O)cc3)C2=O)c1. The molecule has 0 spiro atoms. The monoisotopic (exact) mass is 587 g/mol. The number of ether oxygens (including phenoxy) is 2. The van der Waals surface area contributed by atoms with E-state index in [1.165, 1.54) is 37.1 Å². The molecule has 1 aliphatic rings. The molecule has 3 aromatic carbocycles. The molecule has 2 N–H and O–H groups in total. The molecule has 4 aromatic rings. The summed E-state index contributed by atoms with van der Waals surface area (Å²) in [7, 11) is 4.61. The number of imide groups is 1. The predicted molar refractivity (Wildman–Crippen MR) is 159 cm³/mol. The van der Waals surface area contributed by atoms with Gasteiger partial charge in [0.2, 0.25) is 0 Å². The standard InChI is InChI=1S/C30H26ClN5O6/c1-17-25(30(40)36(34(17)2)20-8-6-5-7-9-20)33-27(37)18-10-12-19(13-11-18)32-26-24(31)28(38)35(29(26)39)22-16-21(41-3)14-15-23(22)42-4/h5-16,32H,1-4H3,(H,33,37). The summed E-state index contributed by atoms with van der Waals surface area (Å²) in [6.07, 6.45) is 0. The Hall–Kier alpha value is -5.29. The van der Waals surface area contributed by atoms with Crippen LogP contribution in [-0.2, 0) is 16.6 Å². The van der Waals surface area contributed by atoms with Crippen LogP contribution in [-0.4, -0.2) is 41.3 Å². The zero-order valence-corrected chi connectivity index (χ0v) is 23.9. The molecule has 12 heteroatoms. The molecule has 3 amide bonds. The zero-order chi connectivity index (χ0) is 30.1. The average Bonchev–Trinajstić information content (AvgIpc) is 3.35. The van der Waals surface area contributed by atoms with Crippen molar-refractivity contribution in [3.63, 3.8) is 0 Å². The van der Waals surface area contributed by atoms with Gasteiger partial charge in [0.15, 0.2) is 0 Å². The molecule has 0 saturated heterocycles. The van der Waals surface area contributed by atoms with Crippen LogP contribution < -0.4 is 30.6 Å². The lowest BCUT2D eigenvalue weighted by Crippen LogP contribution is -2.32. The third kappa shape index (κ3) is 4.90. The van der Waals surface area contributed by atoms with Gasteiger partial charge in [-0.25, -0.2) is 9.58 Å². The van der Waals surface area contributed by atoms with Crippen molar-refractivity contribution in [1.82, 2.24) is 9.36 Å². The molecule has 0 unspecified atom stereocenters. The lowest BCUT2D eigenvalue weighted by atomic mass is 10.2. The summed E-state index contributed by atoms with van der Waals surface area (Å²) in [5.74, 6) is -1.21. The van der Waals surface area contributed by atoms with Crippen LogP contribution in [0.25, 0.3) is 5.69 Å². The van der Waals surface area contributed by atoms with Crippen LogP contribution in [0.1, 0.15) is 16.1 Å². The predicted octanol–water partition coefficient (Wildman–Crippen LogP) is 4.19. The van der Waals surface area contributed by atoms with E-state index >= 15 is 0 Å². The first-order valence-corrected chi connectivity index (χ1v) is 13.1. The summed E-state index contributed by atoms with van der Waals surface area (Å²) >= 11 is 6.28. The Kier molecular flexibility index (Phi) is 7.60. The van der Waals surface area contributed by atoms with Crippen molar-refractivity contribution in [3.05, 3.63) is 105 Å². The number of nitrogens with one attached hydrogen (secondary N) is 2. The lowest BCUT2D eigenvalue weighted by molar-refractivity contribution is -0.120. The molecule has 0 aliphatic carbocycles. The number of carbonyl (C=O) groups is 3. The summed E-state index contributed by atoms with van der Waals surface area (Å²) in [4.78, 5) is 53.3. The van der Waals surface area contributed by atoms with E-state index in [9.17, 15) is 19.2 Å². The summed E-state index contributed by atoms with van der Waals surface area (Å²) in [6.45, 7) is 1.74. The van der Waals surface area contributed by atoms with Gasteiger partial charge >= 0.3 is 0 Å². The Labute approximate surface area is 245 Å². The number of nitrogens with zero attached hydrogens (tertiary/aromatic N) is 3. The first-order chi connectivity index (χ1) is 20.2. The fraction of sp³-hybridized carbons (Fsp3) is 0.133. The third-order valence-corrected chi connectivity index (χ3v) is 7.21. The fourth-order valence-corrected chi connectivity index (χ4v) is 4.76. The van der Waals surface area contributed by atoms with E-state index in [0.717, 1.165) is 4.90 Å². The smallest absolute Gasteiger partial charge is 0.295 e. The number of halogens is 1. The van der Waals surface area contributed by atoms with Gasteiger partial charge in [0.25, 0.3) is 23.3 Å². The van der Waals surface area contributed by atoms with E-state index in [2.05, 4.69) is 10.6 Å². The Bertz CT molecular complexity index is 1810. The van der Waals surface area contributed by atoms with Crippen molar-refractivity contribution >= 4 is 46.4 Å². The highest BCUT2D eigenvalue weighted by Crippen LogP contribution is 2.38. The minimum Gasteiger partial charge on any atom is -0.497 e. The largest absolute Gasteiger partial charge is 0.497 e. The van der Waals surface area contributed by atoms with Gasteiger partial charge in [-0.3, -0.25) is 23.9 Å². The number of para-hydroxylation sites is 1. The maximum atomic E-state index is 13.3. The van der Waals surface area contributed by atoms with Crippen LogP contribution in [0.15, 0.2) is 88.3 Å². The Morgan fingerprint density at radius 3 is 2.21 bits per heavy atom. The lowest BCUT2D eigenvalue weighted by Gasteiger charge is -2.19. The topological polar surface area (TPSA) is 124 Å². The van der Waals surface area contributed by atoms with Crippen LogP contribution in [0.5, 0.6) is 11.5 Å². The second-order valence-electron chi connectivity index (χ2n) is 9.27. The van der Waals surface area contributed by atoms with Gasteiger partial charge in [-0.05, 0) is 55.5 Å². The molecule has 42 heavy (non-hydrogen) atoms. The molecule has 0 fully saturated rings. The van der Waals surface area contributed by atoms with Gasteiger partial charge in [0, 0.05) is 24.4 Å². The van der Waals surface area contributed by atoms with Gasteiger partial charge in [0.1, 0.15) is 27.9 Å². The molecule has 0 atom stereocenters. The highest BCUT2D eigenvalue weighted by atomic mass is 35.5. The van der Waals surface area contributed by atoms with E-state index < -0.39 is 17.7 Å². The molecule has 1 aromatic heterocycles. The van der Waals surface area contributed by atoms with E-state index in [-0.39, 0.29) is 39.0 Å². The number of anilines is 3. The highest BCUT2D eigenvalue weighted by Gasteiger charge is 2.40. The Balaban J connectivity index is 1.34. The molecular formula is C30H26ClN5O6. The third-order valence-electron chi connectivity index (χ3n) is 6.86. The van der Waals surface area contributed by atoms with Crippen molar-refractivity contribution in [2.75, 3.05) is 29.8 Å². The Morgan fingerprint density at radius 2 is 1.57 bits per heavy atom. The van der Waals surface area contributed by atoms with E-state index in [4.69, 9.17) is 21.1 Å². The van der Waals surface area contributed by atoms with Crippen LogP contribution in [0, 0.1) is 6.92 Å². The molecule has 214 valence electrons. The normalized spacial score (nSPS) is 13.0. The number of amides is 3. The van der Waals surface area contributed by atoms with Gasteiger partial charge in [0.05, 0.1) is 31.3 Å². The van der Waals surface area contributed by atoms with Gasteiger partial charge < -0.3 is 20.1 Å². The number of benzene rings is 3. The minimum absolute atomic E-state index is 0.134. The molecule has 1 aliphatic heterocycles. The molecule has 0 radical (unpaired) electrons. The van der Waals surface area contributed by atoms with E-state index in [1.54, 1.807) is 55.1 Å². The van der Waals surface area contributed by atoms with Crippen molar-refractivity contribution in [3.8, 4) is 17.2 Å². The number of carbonyl (C=O) groups excluding carboxylic acids is 3. The number of hydrogen-bond donors (Lipinski definition) is 2. The van der Waals surface area contributed by atoms with Crippen LogP contribution in [0.3, 0.4) is 0 Å². The molecule has 11 nitrogen and oxygen atoms in total. The van der Waals surface area contributed by atoms with E-state index in [1.807, 2.05) is 18.2 Å². The van der Waals surface area contributed by atoms with Crippen LogP contribution >= 0.6 is 11.6 Å². The van der Waals surface area contributed by atoms with Gasteiger partial charge in [-0.2, -0.15) is 0 Å². The molecule has 0 bridgehead atoms. The molecular weight excluding hydrogens is 562 g/mol. The second-order valence-corrected chi connectivity index (χ2v) is 9.64. The van der Waals surface area contributed by atoms with E-state index in [0.29, 0.717) is 22.8 Å². The minimum atomic E-state index is -0.730. The maximum Gasteiger partial charge on any atom is 0.295 e. The van der Waals surface area contributed by atoms with Gasteiger partial charge in [-0.1, -0.05) is 29.8 Å². The molecule has 2 heterocycles. The highest BCUT2D eigenvalue weighted by molar-refractivity contribution is 6.53. The van der Waals surface area contributed by atoms with Crippen molar-refractivity contribution in [2.45, 2.75) is 6.92 Å². The first kappa shape index (κ1) is 28.2. The zero-order valence-electron chi connectivity index (χ0n) is 23.1. The van der Waals surface area contributed by atoms with Crippen molar-refractivity contribution in [2.24, 2.45) is 7.05 Å². The second kappa shape index (κ2) is 11.3. The maximum absolute atomic E-state index is 13.3. The summed E-state index contributed by atoms with van der Waals surface area (Å²) in [5, 5.41) is 5.28. The molecule has 0 saturated carbocycles. The Morgan fingerprint density at radius 1 is 0.881 bits per heavy atom. The van der Waals surface area contributed by atoms with Crippen molar-refractivity contribution in [1.29, 1.82) is 0 Å². The number of rotatable bonds is 8. The first-order valence-electron chi connectivity index (χ1n) is 12.7. The summed E-state index contributed by atoms with van der Waals surface area (Å²) in [5.41, 5.74) is 1.76. The number of methoxy groups -OCH3 is 2. The quantitative estimate of drug-likeness (QED) is 0.296. The molecule has 5 rings (SSSR count). The fourth-order valence-electron chi connectivity index (χ4n) is 4.55. The van der Waals surface area contributed by atoms with Crippen LogP contribution in [0.4, 0.5) is 17.1 Å². The number of hydrogen-bond acceptors (Lipinski definition) is 7. The van der Waals surface area contributed by atoms with Crippen molar-refractivity contribution < 1.29 is 23.9 Å². The number of aromatic nitrogens is 2. The van der Waals surface area contributed by atoms with Crippen LogP contribution in [0.2, 0.25) is 0 Å². The van der Waals surface area contributed by atoms with Gasteiger partial charge in [-0.15, -0.1) is 0 Å². The average molecular weight is 588 g/mol. The summed E-state index contributed by atoms with van der Waals surface area (Å²) in [6, 6.07) is 20.0.